The topological polar surface area (TPSA) is 12.0 Å². The van der Waals surface area contributed by atoms with Gasteiger partial charge in [-0.3, -0.25) is 0 Å². The van der Waals surface area contributed by atoms with Gasteiger partial charge in [-0.2, -0.15) is 0 Å². The van der Waals surface area contributed by atoms with E-state index in [1.165, 1.54) is 45.1 Å². The van der Waals surface area contributed by atoms with Crippen molar-refractivity contribution in [2.75, 3.05) is 6.54 Å². The number of rotatable bonds is 4. The highest BCUT2D eigenvalue weighted by molar-refractivity contribution is 4.93. The molecule has 0 amide bonds. The molecule has 0 unspecified atom stereocenters. The van der Waals surface area contributed by atoms with Gasteiger partial charge in [-0.25, -0.2) is 0 Å². The van der Waals surface area contributed by atoms with Gasteiger partial charge in [-0.05, 0) is 44.1 Å². The minimum atomic E-state index is 0.898. The Morgan fingerprint density at radius 1 is 1.25 bits per heavy atom. The zero-order chi connectivity index (χ0) is 8.39. The molecule has 70 valence electrons. The molecule has 0 aromatic heterocycles. The molecule has 0 aliphatic heterocycles. The standard InChI is InChI=1S/C11H21N/c1-2-3-6-12-11-8-9-4-5-10(11)7-9/h9-12H,2-8H2,1H3/t9-,10-,11-/m1/s1. The fraction of sp³-hybridized carbons (Fsp3) is 1.00. The summed E-state index contributed by atoms with van der Waals surface area (Å²) >= 11 is 0. The van der Waals surface area contributed by atoms with Gasteiger partial charge < -0.3 is 5.32 Å². The smallest absolute Gasteiger partial charge is 0.00980 e. The molecule has 2 aliphatic carbocycles. The van der Waals surface area contributed by atoms with Crippen LogP contribution in [0.1, 0.15) is 45.4 Å². The Bertz CT molecular complexity index is 144. The van der Waals surface area contributed by atoms with E-state index in [4.69, 9.17) is 0 Å². The molecule has 1 nitrogen and oxygen atoms in total. The summed E-state index contributed by atoms with van der Waals surface area (Å²) < 4.78 is 0. The van der Waals surface area contributed by atoms with Crippen molar-refractivity contribution in [1.82, 2.24) is 5.32 Å². The number of unbranched alkanes of at least 4 members (excludes halogenated alkanes) is 1. The second-order valence-corrected chi connectivity index (χ2v) is 4.59. The van der Waals surface area contributed by atoms with E-state index < -0.39 is 0 Å². The lowest BCUT2D eigenvalue weighted by Gasteiger charge is -2.22. The van der Waals surface area contributed by atoms with Crippen LogP contribution in [0.3, 0.4) is 0 Å². The van der Waals surface area contributed by atoms with Crippen molar-refractivity contribution in [2.24, 2.45) is 11.8 Å². The molecule has 0 saturated heterocycles. The van der Waals surface area contributed by atoms with Crippen LogP contribution in [0.4, 0.5) is 0 Å². The van der Waals surface area contributed by atoms with Crippen molar-refractivity contribution in [3.8, 4) is 0 Å². The molecule has 1 N–H and O–H groups in total. The summed E-state index contributed by atoms with van der Waals surface area (Å²) in [6, 6.07) is 0.898. The van der Waals surface area contributed by atoms with Crippen LogP contribution in [0.15, 0.2) is 0 Å². The van der Waals surface area contributed by atoms with Gasteiger partial charge in [0.25, 0.3) is 0 Å². The molecule has 2 fully saturated rings. The average Bonchev–Trinajstić information content (AvgIpc) is 2.65. The fourth-order valence-corrected chi connectivity index (χ4v) is 2.96. The Labute approximate surface area is 75.9 Å². The SMILES string of the molecule is CCCCN[C@@H]1C[C@@H]2CC[C@@H]1C2. The minimum absolute atomic E-state index is 0.898. The van der Waals surface area contributed by atoms with Crippen molar-refractivity contribution in [2.45, 2.75) is 51.5 Å². The largest absolute Gasteiger partial charge is 0.314 e. The maximum absolute atomic E-state index is 3.71. The summed E-state index contributed by atoms with van der Waals surface area (Å²) in [6.07, 6.45) is 8.73. The molecule has 3 atom stereocenters. The molecule has 0 heterocycles. The minimum Gasteiger partial charge on any atom is -0.314 e. The molecule has 2 rings (SSSR count). The highest BCUT2D eigenvalue weighted by Crippen LogP contribution is 2.44. The molecule has 12 heavy (non-hydrogen) atoms. The second-order valence-electron chi connectivity index (χ2n) is 4.59. The molecule has 2 aliphatic rings. The molecule has 2 bridgehead atoms. The maximum Gasteiger partial charge on any atom is 0.00980 e. The lowest BCUT2D eigenvalue weighted by atomic mass is 9.95. The van der Waals surface area contributed by atoms with Crippen molar-refractivity contribution < 1.29 is 0 Å². The van der Waals surface area contributed by atoms with Gasteiger partial charge in [0, 0.05) is 6.04 Å². The molecule has 0 spiro atoms. The molecular weight excluding hydrogens is 146 g/mol. The molecule has 0 radical (unpaired) electrons. The van der Waals surface area contributed by atoms with E-state index in [9.17, 15) is 0 Å². The first kappa shape index (κ1) is 8.55. The van der Waals surface area contributed by atoms with Crippen LogP contribution < -0.4 is 5.32 Å². The van der Waals surface area contributed by atoms with Crippen molar-refractivity contribution in [3.05, 3.63) is 0 Å². The predicted octanol–water partition coefficient (Wildman–Crippen LogP) is 2.56. The first-order chi connectivity index (χ1) is 5.90. The Morgan fingerprint density at radius 2 is 2.17 bits per heavy atom. The van der Waals surface area contributed by atoms with Crippen LogP contribution in [0.25, 0.3) is 0 Å². The van der Waals surface area contributed by atoms with Crippen LogP contribution in [0, 0.1) is 11.8 Å². The van der Waals surface area contributed by atoms with E-state index in [0.717, 1.165) is 17.9 Å². The molecular formula is C11H21N. The van der Waals surface area contributed by atoms with Crippen LogP contribution >= 0.6 is 0 Å². The van der Waals surface area contributed by atoms with Gasteiger partial charge in [0.05, 0.1) is 0 Å². The monoisotopic (exact) mass is 167 g/mol. The number of fused-ring (bicyclic) bond motifs is 2. The average molecular weight is 167 g/mol. The van der Waals surface area contributed by atoms with Crippen LogP contribution in [-0.4, -0.2) is 12.6 Å². The fourth-order valence-electron chi connectivity index (χ4n) is 2.96. The predicted molar refractivity (Wildman–Crippen MR) is 52.1 cm³/mol. The Balaban J connectivity index is 1.69. The van der Waals surface area contributed by atoms with E-state index in [0.29, 0.717) is 0 Å². The van der Waals surface area contributed by atoms with Gasteiger partial charge in [0.1, 0.15) is 0 Å². The maximum atomic E-state index is 3.71. The lowest BCUT2D eigenvalue weighted by Crippen LogP contribution is -2.34. The Morgan fingerprint density at radius 3 is 2.75 bits per heavy atom. The van der Waals surface area contributed by atoms with E-state index in [1.54, 1.807) is 0 Å². The number of hydrogen-bond donors (Lipinski definition) is 1. The van der Waals surface area contributed by atoms with Gasteiger partial charge in [0.15, 0.2) is 0 Å². The van der Waals surface area contributed by atoms with Crippen molar-refractivity contribution in [1.29, 1.82) is 0 Å². The summed E-state index contributed by atoms with van der Waals surface area (Å²) in [7, 11) is 0. The van der Waals surface area contributed by atoms with E-state index in [2.05, 4.69) is 12.2 Å². The van der Waals surface area contributed by atoms with E-state index in [1.807, 2.05) is 0 Å². The van der Waals surface area contributed by atoms with Crippen molar-refractivity contribution >= 4 is 0 Å². The normalized spacial score (nSPS) is 39.2. The van der Waals surface area contributed by atoms with E-state index >= 15 is 0 Å². The van der Waals surface area contributed by atoms with Crippen LogP contribution in [0.2, 0.25) is 0 Å². The molecule has 0 aromatic rings. The van der Waals surface area contributed by atoms with Crippen molar-refractivity contribution in [3.63, 3.8) is 0 Å². The third-order valence-corrected chi connectivity index (χ3v) is 3.67. The number of hydrogen-bond acceptors (Lipinski definition) is 1. The van der Waals surface area contributed by atoms with Gasteiger partial charge in [-0.15, -0.1) is 0 Å². The number of nitrogens with one attached hydrogen (secondary N) is 1. The van der Waals surface area contributed by atoms with Crippen LogP contribution in [-0.2, 0) is 0 Å². The van der Waals surface area contributed by atoms with Gasteiger partial charge in [0.2, 0.25) is 0 Å². The molecule has 2 saturated carbocycles. The van der Waals surface area contributed by atoms with Crippen LogP contribution in [0.5, 0.6) is 0 Å². The Kier molecular flexibility index (Phi) is 2.69. The lowest BCUT2D eigenvalue weighted by molar-refractivity contribution is 0.350. The molecule has 1 heteroatoms. The summed E-state index contributed by atoms with van der Waals surface area (Å²) in [5.41, 5.74) is 0. The second kappa shape index (κ2) is 3.78. The summed E-state index contributed by atoms with van der Waals surface area (Å²) in [6.45, 7) is 3.52. The zero-order valence-electron chi connectivity index (χ0n) is 8.18. The molecule has 0 aromatic carbocycles. The highest BCUT2D eigenvalue weighted by atomic mass is 14.9. The van der Waals surface area contributed by atoms with Gasteiger partial charge >= 0.3 is 0 Å². The van der Waals surface area contributed by atoms with Gasteiger partial charge in [-0.1, -0.05) is 19.8 Å². The highest BCUT2D eigenvalue weighted by Gasteiger charge is 2.38. The Hall–Kier alpha value is -0.0400. The quantitative estimate of drug-likeness (QED) is 0.635. The summed E-state index contributed by atoms with van der Waals surface area (Å²) in [5, 5.41) is 3.71. The third-order valence-electron chi connectivity index (χ3n) is 3.67. The first-order valence-corrected chi connectivity index (χ1v) is 5.63. The summed E-state index contributed by atoms with van der Waals surface area (Å²) in [5.74, 6) is 2.14. The zero-order valence-corrected chi connectivity index (χ0v) is 8.18. The third kappa shape index (κ3) is 1.66. The summed E-state index contributed by atoms with van der Waals surface area (Å²) in [4.78, 5) is 0. The first-order valence-electron chi connectivity index (χ1n) is 5.63. The van der Waals surface area contributed by atoms with E-state index in [-0.39, 0.29) is 0 Å².